The lowest BCUT2D eigenvalue weighted by molar-refractivity contribution is 0.905. The van der Waals surface area contributed by atoms with E-state index < -0.39 is 0 Å². The van der Waals surface area contributed by atoms with Crippen molar-refractivity contribution in [2.75, 3.05) is 5.32 Å². The normalized spacial score (nSPS) is 12.5. The summed E-state index contributed by atoms with van der Waals surface area (Å²) in [6.07, 6.45) is 1.68. The fraction of sp³-hybridized carbons (Fsp3) is 0.182. The molecule has 0 saturated carbocycles. The molecule has 90 valence electrons. The highest BCUT2D eigenvalue weighted by atomic mass is 79.9. The number of anilines is 1. The third kappa shape index (κ3) is 3.44. The minimum atomic E-state index is 0.194. The number of hydrogen-bond acceptors (Lipinski definition) is 3. The summed E-state index contributed by atoms with van der Waals surface area (Å²) in [6, 6.07) is 4.22. The molecule has 17 heavy (non-hydrogen) atoms. The Morgan fingerprint density at radius 1 is 1.35 bits per heavy atom. The number of nitrogens with zero attached hydrogens (tertiary/aromatic N) is 1. The maximum atomic E-state index is 6.03. The first-order valence-corrected chi connectivity index (χ1v) is 7.72. The van der Waals surface area contributed by atoms with Crippen LogP contribution in [0.2, 0.25) is 5.15 Å². The molecule has 1 unspecified atom stereocenters. The van der Waals surface area contributed by atoms with Gasteiger partial charge in [-0.1, -0.05) is 11.6 Å². The maximum absolute atomic E-state index is 6.03. The molecule has 0 aliphatic rings. The number of rotatable bonds is 3. The molecule has 2 aromatic rings. The van der Waals surface area contributed by atoms with E-state index in [2.05, 4.69) is 60.5 Å². The monoisotopic (exact) mass is 394 g/mol. The summed E-state index contributed by atoms with van der Waals surface area (Å²) in [4.78, 5) is 5.32. The van der Waals surface area contributed by atoms with Crippen LogP contribution in [-0.4, -0.2) is 4.98 Å². The molecular formula is C11H9Br2ClN2S. The Kier molecular flexibility index (Phi) is 4.47. The molecule has 2 heterocycles. The van der Waals surface area contributed by atoms with Crippen LogP contribution >= 0.6 is 54.8 Å². The lowest BCUT2D eigenvalue weighted by Crippen LogP contribution is -2.05. The first-order valence-electron chi connectivity index (χ1n) is 4.88. The van der Waals surface area contributed by atoms with E-state index in [1.807, 2.05) is 6.07 Å². The number of nitrogens with one attached hydrogen (secondary N) is 1. The van der Waals surface area contributed by atoms with Crippen molar-refractivity contribution >= 4 is 60.5 Å². The molecule has 0 aliphatic carbocycles. The lowest BCUT2D eigenvalue weighted by Gasteiger charge is -2.14. The SMILES string of the molecule is CC(Nc1cc(Br)cnc1Cl)c1cc(Br)cs1. The van der Waals surface area contributed by atoms with Crippen LogP contribution in [0.4, 0.5) is 5.69 Å². The largest absolute Gasteiger partial charge is 0.375 e. The van der Waals surface area contributed by atoms with Crippen LogP contribution in [0.25, 0.3) is 0 Å². The standard InChI is InChI=1S/C11H9Br2ClN2S/c1-6(10-3-8(13)5-17-10)16-9-2-7(12)4-15-11(9)14/h2-6,16H,1H3. The second kappa shape index (κ2) is 5.69. The molecule has 0 saturated heterocycles. The lowest BCUT2D eigenvalue weighted by atomic mass is 10.2. The Labute approximate surface area is 126 Å². The Morgan fingerprint density at radius 2 is 2.12 bits per heavy atom. The Morgan fingerprint density at radius 3 is 2.76 bits per heavy atom. The smallest absolute Gasteiger partial charge is 0.152 e. The van der Waals surface area contributed by atoms with Gasteiger partial charge in [-0.25, -0.2) is 4.98 Å². The summed E-state index contributed by atoms with van der Waals surface area (Å²) in [7, 11) is 0. The second-order valence-electron chi connectivity index (χ2n) is 3.53. The average molecular weight is 397 g/mol. The van der Waals surface area contributed by atoms with E-state index in [-0.39, 0.29) is 6.04 Å². The highest BCUT2D eigenvalue weighted by molar-refractivity contribution is 9.10. The number of pyridine rings is 1. The third-order valence-electron chi connectivity index (χ3n) is 2.19. The van der Waals surface area contributed by atoms with Crippen molar-refractivity contribution in [3.8, 4) is 0 Å². The summed E-state index contributed by atoms with van der Waals surface area (Å²) >= 11 is 14.6. The van der Waals surface area contributed by atoms with E-state index in [1.54, 1.807) is 17.5 Å². The summed E-state index contributed by atoms with van der Waals surface area (Å²) in [5.41, 5.74) is 0.832. The molecule has 1 atom stereocenters. The number of thiophene rings is 1. The van der Waals surface area contributed by atoms with Gasteiger partial charge in [0.2, 0.25) is 0 Å². The molecule has 0 amide bonds. The predicted molar refractivity (Wildman–Crippen MR) is 81.0 cm³/mol. The van der Waals surface area contributed by atoms with Crippen LogP contribution in [0, 0.1) is 0 Å². The molecule has 2 rings (SSSR count). The Balaban J connectivity index is 2.18. The van der Waals surface area contributed by atoms with Crippen molar-refractivity contribution in [3.05, 3.63) is 42.7 Å². The van der Waals surface area contributed by atoms with Crippen molar-refractivity contribution in [1.82, 2.24) is 4.98 Å². The Bertz CT molecular complexity index is 530. The average Bonchev–Trinajstić information content (AvgIpc) is 2.70. The molecule has 0 aromatic carbocycles. The molecule has 0 radical (unpaired) electrons. The van der Waals surface area contributed by atoms with E-state index in [1.165, 1.54) is 4.88 Å². The van der Waals surface area contributed by atoms with Crippen LogP contribution in [0.15, 0.2) is 32.7 Å². The van der Waals surface area contributed by atoms with Gasteiger partial charge in [-0.2, -0.15) is 0 Å². The minimum absolute atomic E-state index is 0.194. The van der Waals surface area contributed by atoms with Gasteiger partial charge in [0, 0.05) is 25.4 Å². The van der Waals surface area contributed by atoms with Crippen LogP contribution in [0.3, 0.4) is 0 Å². The summed E-state index contributed by atoms with van der Waals surface area (Å²) < 4.78 is 2.01. The number of aromatic nitrogens is 1. The van der Waals surface area contributed by atoms with Gasteiger partial charge in [0.1, 0.15) is 0 Å². The molecule has 0 bridgehead atoms. The molecule has 1 N–H and O–H groups in total. The van der Waals surface area contributed by atoms with Crippen molar-refractivity contribution in [1.29, 1.82) is 0 Å². The predicted octanol–water partition coefficient (Wildman–Crippen LogP) is 5.49. The number of halogens is 3. The maximum Gasteiger partial charge on any atom is 0.152 e. The zero-order valence-corrected chi connectivity index (χ0v) is 13.6. The molecule has 6 heteroatoms. The van der Waals surface area contributed by atoms with Crippen LogP contribution in [0.5, 0.6) is 0 Å². The van der Waals surface area contributed by atoms with E-state index >= 15 is 0 Å². The van der Waals surface area contributed by atoms with E-state index in [0.29, 0.717) is 5.15 Å². The summed E-state index contributed by atoms with van der Waals surface area (Å²) in [5.74, 6) is 0. The van der Waals surface area contributed by atoms with Gasteiger partial charge in [-0.15, -0.1) is 11.3 Å². The van der Waals surface area contributed by atoms with E-state index in [0.717, 1.165) is 14.6 Å². The van der Waals surface area contributed by atoms with Gasteiger partial charge in [0.15, 0.2) is 5.15 Å². The highest BCUT2D eigenvalue weighted by Gasteiger charge is 2.10. The summed E-state index contributed by atoms with van der Waals surface area (Å²) in [5, 5.41) is 5.89. The quantitative estimate of drug-likeness (QED) is 0.694. The van der Waals surface area contributed by atoms with Crippen LogP contribution in [0.1, 0.15) is 17.8 Å². The second-order valence-corrected chi connectivity index (χ2v) is 6.66. The zero-order valence-electron chi connectivity index (χ0n) is 8.88. The van der Waals surface area contributed by atoms with Crippen molar-refractivity contribution in [2.45, 2.75) is 13.0 Å². The highest BCUT2D eigenvalue weighted by Crippen LogP contribution is 2.30. The third-order valence-corrected chi connectivity index (χ3v) is 4.80. The van der Waals surface area contributed by atoms with Crippen molar-refractivity contribution in [2.24, 2.45) is 0 Å². The first kappa shape index (κ1) is 13.3. The summed E-state index contributed by atoms with van der Waals surface area (Å²) in [6.45, 7) is 2.09. The zero-order chi connectivity index (χ0) is 12.4. The van der Waals surface area contributed by atoms with Gasteiger partial charge >= 0.3 is 0 Å². The van der Waals surface area contributed by atoms with Gasteiger partial charge in [-0.05, 0) is 50.9 Å². The minimum Gasteiger partial charge on any atom is -0.375 e. The van der Waals surface area contributed by atoms with E-state index in [4.69, 9.17) is 11.6 Å². The molecule has 0 aliphatic heterocycles. The Hall–Kier alpha value is -0.100. The fourth-order valence-corrected chi connectivity index (χ4v) is 3.33. The topological polar surface area (TPSA) is 24.9 Å². The van der Waals surface area contributed by atoms with Gasteiger partial charge in [0.25, 0.3) is 0 Å². The number of hydrogen-bond donors (Lipinski definition) is 1. The van der Waals surface area contributed by atoms with Gasteiger partial charge in [0.05, 0.1) is 11.7 Å². The molecule has 2 aromatic heterocycles. The van der Waals surface area contributed by atoms with Gasteiger partial charge in [-0.3, -0.25) is 0 Å². The molecule has 2 nitrogen and oxygen atoms in total. The fourth-order valence-electron chi connectivity index (χ4n) is 1.38. The molecule has 0 fully saturated rings. The molecular weight excluding hydrogens is 387 g/mol. The van der Waals surface area contributed by atoms with Crippen LogP contribution < -0.4 is 5.32 Å². The van der Waals surface area contributed by atoms with E-state index in [9.17, 15) is 0 Å². The van der Waals surface area contributed by atoms with Crippen LogP contribution in [-0.2, 0) is 0 Å². The van der Waals surface area contributed by atoms with Crippen molar-refractivity contribution in [3.63, 3.8) is 0 Å². The first-order chi connectivity index (χ1) is 8.06. The van der Waals surface area contributed by atoms with Gasteiger partial charge < -0.3 is 5.32 Å². The molecule has 0 spiro atoms. The van der Waals surface area contributed by atoms with Crippen molar-refractivity contribution < 1.29 is 0 Å².